The Morgan fingerprint density at radius 3 is 2.71 bits per heavy atom. The normalized spacial score (nSPS) is 13.8. The number of nitrogens with one attached hydrogen (secondary N) is 2. The predicted octanol–water partition coefficient (Wildman–Crippen LogP) is 2.06. The molecule has 0 unspecified atom stereocenters. The number of carbonyl (C=O) groups excluding carboxylic acids is 1. The largest absolute Gasteiger partial charge is 0.495 e. The van der Waals surface area contributed by atoms with Gasteiger partial charge in [0, 0.05) is 11.6 Å². The molecule has 150 valence electrons. The van der Waals surface area contributed by atoms with Crippen molar-refractivity contribution >= 4 is 27.5 Å². The maximum absolute atomic E-state index is 12.6. The van der Waals surface area contributed by atoms with Gasteiger partial charge in [0.15, 0.2) is 11.5 Å². The molecule has 0 spiro atoms. The summed E-state index contributed by atoms with van der Waals surface area (Å²) in [4.78, 5) is 12.2. The second-order valence-electron chi connectivity index (χ2n) is 6.04. The van der Waals surface area contributed by atoms with Gasteiger partial charge in [-0.05, 0) is 42.8 Å². The zero-order valence-corrected chi connectivity index (χ0v) is 16.8. The van der Waals surface area contributed by atoms with Crippen molar-refractivity contribution in [1.29, 1.82) is 0 Å². The van der Waals surface area contributed by atoms with E-state index in [1.54, 1.807) is 18.2 Å². The molecule has 2 aromatic carbocycles. The fourth-order valence-electron chi connectivity index (χ4n) is 2.60. The minimum absolute atomic E-state index is 0.130. The van der Waals surface area contributed by atoms with Crippen molar-refractivity contribution in [1.82, 2.24) is 10.0 Å². The average molecular weight is 427 g/mol. The van der Waals surface area contributed by atoms with E-state index in [0.29, 0.717) is 11.5 Å². The fourth-order valence-corrected chi connectivity index (χ4v) is 4.24. The number of sulfonamides is 1. The minimum atomic E-state index is -4.02. The summed E-state index contributed by atoms with van der Waals surface area (Å²) in [6.07, 6.45) is 0. The van der Waals surface area contributed by atoms with Crippen molar-refractivity contribution in [3.05, 3.63) is 47.0 Å². The quantitative estimate of drug-likeness (QED) is 0.702. The number of hydrogen-bond donors (Lipinski definition) is 2. The van der Waals surface area contributed by atoms with E-state index in [2.05, 4.69) is 10.0 Å². The molecule has 0 aliphatic carbocycles. The summed E-state index contributed by atoms with van der Waals surface area (Å²) in [5.41, 5.74) is 0.796. The molecule has 1 aliphatic rings. The average Bonchev–Trinajstić information content (AvgIpc) is 3.13. The molecule has 8 nitrogen and oxygen atoms in total. The van der Waals surface area contributed by atoms with Gasteiger partial charge in [0.1, 0.15) is 10.6 Å². The molecule has 0 aromatic heterocycles. The molecule has 0 radical (unpaired) electrons. The first-order valence-corrected chi connectivity index (χ1v) is 10.2. The van der Waals surface area contributed by atoms with Crippen LogP contribution in [0.3, 0.4) is 0 Å². The second-order valence-corrected chi connectivity index (χ2v) is 8.16. The van der Waals surface area contributed by atoms with Crippen molar-refractivity contribution in [2.75, 3.05) is 13.9 Å². The first kappa shape index (κ1) is 20.2. The zero-order chi connectivity index (χ0) is 20.3. The Bertz CT molecular complexity index is 996. The molecule has 28 heavy (non-hydrogen) atoms. The molecule has 2 aromatic rings. The van der Waals surface area contributed by atoms with Crippen LogP contribution in [0.25, 0.3) is 0 Å². The number of fused-ring (bicyclic) bond motifs is 1. The molecule has 10 heteroatoms. The van der Waals surface area contributed by atoms with Crippen LogP contribution in [0.2, 0.25) is 5.02 Å². The fraction of sp³-hybridized carbons (Fsp3) is 0.278. The monoisotopic (exact) mass is 426 g/mol. The third-order valence-electron chi connectivity index (χ3n) is 4.04. The molecule has 1 heterocycles. The summed E-state index contributed by atoms with van der Waals surface area (Å²) < 4.78 is 43.2. The van der Waals surface area contributed by atoms with E-state index < -0.39 is 22.0 Å². The summed E-state index contributed by atoms with van der Waals surface area (Å²) >= 11 is 5.89. The molecule has 1 amide bonds. The van der Waals surface area contributed by atoms with Crippen LogP contribution in [-0.4, -0.2) is 34.3 Å². The van der Waals surface area contributed by atoms with Gasteiger partial charge in [0.2, 0.25) is 22.7 Å². The summed E-state index contributed by atoms with van der Waals surface area (Å²) in [7, 11) is -2.67. The first-order chi connectivity index (χ1) is 13.3. The van der Waals surface area contributed by atoms with Crippen LogP contribution in [0.15, 0.2) is 41.3 Å². The van der Waals surface area contributed by atoms with Crippen LogP contribution in [0, 0.1) is 0 Å². The minimum Gasteiger partial charge on any atom is -0.495 e. The van der Waals surface area contributed by atoms with Crippen molar-refractivity contribution in [3.8, 4) is 17.2 Å². The number of amides is 1. The van der Waals surface area contributed by atoms with Gasteiger partial charge in [0.25, 0.3) is 0 Å². The van der Waals surface area contributed by atoms with E-state index in [1.165, 1.54) is 32.2 Å². The Balaban J connectivity index is 1.64. The lowest BCUT2D eigenvalue weighted by molar-refractivity contribution is -0.122. The summed E-state index contributed by atoms with van der Waals surface area (Å²) in [6, 6.07) is 8.51. The van der Waals surface area contributed by atoms with Gasteiger partial charge in [-0.2, -0.15) is 4.72 Å². The van der Waals surface area contributed by atoms with Crippen molar-refractivity contribution in [2.24, 2.45) is 0 Å². The van der Waals surface area contributed by atoms with E-state index >= 15 is 0 Å². The second kappa shape index (κ2) is 8.26. The van der Waals surface area contributed by atoms with Gasteiger partial charge < -0.3 is 19.5 Å². The number of hydrogen-bond acceptors (Lipinski definition) is 6. The smallest absolute Gasteiger partial charge is 0.245 e. The summed E-state index contributed by atoms with van der Waals surface area (Å²) in [5.74, 6) is 0.896. The number of methoxy groups -OCH3 is 1. The molecule has 2 N–H and O–H groups in total. The summed E-state index contributed by atoms with van der Waals surface area (Å²) in [5, 5.41) is 2.92. The molecule has 1 aliphatic heterocycles. The Hall–Kier alpha value is -2.49. The highest BCUT2D eigenvalue weighted by molar-refractivity contribution is 7.89. The molecular formula is C18H19ClN2O6S. The van der Waals surface area contributed by atoms with Crippen molar-refractivity contribution in [2.45, 2.75) is 24.4 Å². The van der Waals surface area contributed by atoms with E-state index in [1.807, 2.05) is 0 Å². The molecular weight excluding hydrogens is 408 g/mol. The lowest BCUT2D eigenvalue weighted by atomic mass is 10.2. The van der Waals surface area contributed by atoms with Gasteiger partial charge >= 0.3 is 0 Å². The van der Waals surface area contributed by atoms with Crippen LogP contribution in [0.4, 0.5) is 0 Å². The first-order valence-electron chi connectivity index (χ1n) is 8.32. The molecule has 0 saturated heterocycles. The molecule has 1 atom stereocenters. The van der Waals surface area contributed by atoms with Crippen molar-refractivity contribution in [3.63, 3.8) is 0 Å². The van der Waals surface area contributed by atoms with Gasteiger partial charge in [-0.1, -0.05) is 17.7 Å². The standard InChI is InChI=1S/C18H19ClN2O6S/c1-11(21-28(23,24)17-8-13(19)4-6-15(17)25-2)18(22)20-9-12-3-5-14-16(7-12)27-10-26-14/h3-8,11,21H,9-10H2,1-2H3,(H,20,22)/t11-/m1/s1. The zero-order valence-electron chi connectivity index (χ0n) is 15.2. The van der Waals surface area contributed by atoms with Gasteiger partial charge in [-0.15, -0.1) is 0 Å². The van der Waals surface area contributed by atoms with Crippen LogP contribution < -0.4 is 24.2 Å². The lowest BCUT2D eigenvalue weighted by Crippen LogP contribution is -2.44. The SMILES string of the molecule is COc1ccc(Cl)cc1S(=O)(=O)N[C@H](C)C(=O)NCc1ccc2c(c1)OCO2. The maximum Gasteiger partial charge on any atom is 0.245 e. The predicted molar refractivity (Wildman–Crippen MR) is 102 cm³/mol. The number of benzene rings is 2. The highest BCUT2D eigenvalue weighted by atomic mass is 35.5. The Labute approximate surface area is 167 Å². The molecule has 3 rings (SSSR count). The van der Waals surface area contributed by atoms with E-state index in [9.17, 15) is 13.2 Å². The highest BCUT2D eigenvalue weighted by Gasteiger charge is 2.25. The highest BCUT2D eigenvalue weighted by Crippen LogP contribution is 2.32. The summed E-state index contributed by atoms with van der Waals surface area (Å²) in [6.45, 7) is 1.82. The molecule has 0 bridgehead atoms. The number of carbonyl (C=O) groups is 1. The van der Waals surface area contributed by atoms with Crippen LogP contribution >= 0.6 is 11.6 Å². The van der Waals surface area contributed by atoms with E-state index in [4.69, 9.17) is 25.8 Å². The van der Waals surface area contributed by atoms with Crippen molar-refractivity contribution < 1.29 is 27.4 Å². The van der Waals surface area contributed by atoms with Gasteiger partial charge in [0.05, 0.1) is 13.2 Å². The Morgan fingerprint density at radius 1 is 1.21 bits per heavy atom. The van der Waals surface area contributed by atoms with Gasteiger partial charge in [-0.3, -0.25) is 4.79 Å². The van der Waals surface area contributed by atoms with Crippen LogP contribution in [-0.2, 0) is 21.4 Å². The third-order valence-corrected chi connectivity index (χ3v) is 5.84. The molecule has 0 saturated carbocycles. The number of rotatable bonds is 7. The topological polar surface area (TPSA) is 103 Å². The Kier molecular flexibility index (Phi) is 5.97. The van der Waals surface area contributed by atoms with Crippen LogP contribution in [0.5, 0.6) is 17.2 Å². The molecule has 0 fully saturated rings. The van der Waals surface area contributed by atoms with Crippen LogP contribution in [0.1, 0.15) is 12.5 Å². The third kappa shape index (κ3) is 4.49. The number of halogens is 1. The Morgan fingerprint density at radius 2 is 1.96 bits per heavy atom. The number of ether oxygens (including phenoxy) is 3. The lowest BCUT2D eigenvalue weighted by Gasteiger charge is -2.16. The maximum atomic E-state index is 12.6. The van der Waals surface area contributed by atoms with Gasteiger partial charge in [-0.25, -0.2) is 8.42 Å². The van der Waals surface area contributed by atoms with E-state index in [0.717, 1.165) is 5.56 Å². The van der Waals surface area contributed by atoms with E-state index in [-0.39, 0.29) is 29.0 Å².